The molecule has 4 heterocycles. The number of amides is 1. The van der Waals surface area contributed by atoms with Crippen molar-refractivity contribution in [2.45, 2.75) is 26.9 Å². The Morgan fingerprint density at radius 2 is 2.07 bits per heavy atom. The van der Waals surface area contributed by atoms with E-state index in [1.54, 1.807) is 24.8 Å². The van der Waals surface area contributed by atoms with Gasteiger partial charge in [-0.3, -0.25) is 4.79 Å². The highest BCUT2D eigenvalue weighted by Crippen LogP contribution is 2.25. The van der Waals surface area contributed by atoms with E-state index in [-0.39, 0.29) is 17.8 Å². The minimum absolute atomic E-state index is 0.182. The molecule has 0 aromatic carbocycles. The molecule has 0 bridgehead atoms. The highest BCUT2D eigenvalue weighted by molar-refractivity contribution is 5.92. The summed E-state index contributed by atoms with van der Waals surface area (Å²) >= 11 is 0. The van der Waals surface area contributed by atoms with E-state index in [0.29, 0.717) is 48.7 Å². The number of aryl methyl sites for hydroxylation is 3. The second-order valence-corrected chi connectivity index (χ2v) is 6.65. The molecule has 0 spiro atoms. The topological polar surface area (TPSA) is 107 Å². The van der Waals surface area contributed by atoms with Gasteiger partial charge in [-0.2, -0.15) is 0 Å². The maximum Gasteiger partial charge on any atom is 0.291 e. The van der Waals surface area contributed by atoms with Gasteiger partial charge in [0.05, 0.1) is 24.5 Å². The van der Waals surface area contributed by atoms with E-state index in [0.717, 1.165) is 5.69 Å². The first-order chi connectivity index (χ1) is 13.5. The molecule has 1 amide bonds. The average molecular weight is 383 g/mol. The Morgan fingerprint density at radius 1 is 1.21 bits per heavy atom. The van der Waals surface area contributed by atoms with Gasteiger partial charge < -0.3 is 23.9 Å². The summed E-state index contributed by atoms with van der Waals surface area (Å²) in [5, 5.41) is 7.00. The van der Waals surface area contributed by atoms with Gasteiger partial charge in [0, 0.05) is 19.5 Å². The maximum atomic E-state index is 12.8. The number of rotatable bonds is 4. The Bertz CT molecular complexity index is 996. The molecule has 1 N–H and O–H groups in total. The van der Waals surface area contributed by atoms with E-state index in [1.807, 2.05) is 25.1 Å². The molecular weight excluding hydrogens is 362 g/mol. The van der Waals surface area contributed by atoms with Crippen LogP contribution < -0.4 is 5.32 Å². The molecule has 3 aromatic rings. The summed E-state index contributed by atoms with van der Waals surface area (Å²) in [7, 11) is 0. The lowest BCUT2D eigenvalue weighted by atomic mass is 10.1. The molecule has 146 valence electrons. The Morgan fingerprint density at radius 3 is 2.79 bits per heavy atom. The van der Waals surface area contributed by atoms with E-state index in [2.05, 4.69) is 20.4 Å². The zero-order valence-electron chi connectivity index (χ0n) is 15.9. The van der Waals surface area contributed by atoms with Crippen LogP contribution in [-0.2, 0) is 4.74 Å². The predicted octanol–water partition coefficient (Wildman–Crippen LogP) is 2.94. The molecule has 0 saturated carbocycles. The Balaban J connectivity index is 1.49. The van der Waals surface area contributed by atoms with Crippen LogP contribution in [0.5, 0.6) is 0 Å². The molecule has 9 nitrogen and oxygen atoms in total. The van der Waals surface area contributed by atoms with E-state index < -0.39 is 0 Å². The first-order valence-corrected chi connectivity index (χ1v) is 9.02. The molecule has 0 aliphatic carbocycles. The molecule has 1 atom stereocenters. The minimum atomic E-state index is -0.331. The van der Waals surface area contributed by atoms with Crippen LogP contribution in [0.1, 0.15) is 39.7 Å². The number of ether oxygens (including phenoxy) is 1. The molecule has 9 heteroatoms. The quantitative estimate of drug-likeness (QED) is 0.733. The van der Waals surface area contributed by atoms with Crippen molar-refractivity contribution in [3.8, 4) is 0 Å². The Kier molecular flexibility index (Phi) is 4.82. The lowest BCUT2D eigenvalue weighted by Crippen LogP contribution is -2.42. The van der Waals surface area contributed by atoms with Gasteiger partial charge in [0.1, 0.15) is 17.7 Å². The van der Waals surface area contributed by atoms with Gasteiger partial charge in [-0.15, -0.1) is 0 Å². The number of nitrogens with zero attached hydrogens (tertiary/aromatic N) is 4. The normalized spacial score (nSPS) is 17.0. The van der Waals surface area contributed by atoms with Crippen molar-refractivity contribution in [2.75, 3.05) is 25.0 Å². The van der Waals surface area contributed by atoms with E-state index in [9.17, 15) is 4.79 Å². The van der Waals surface area contributed by atoms with Gasteiger partial charge in [-0.05, 0) is 26.0 Å². The fourth-order valence-electron chi connectivity index (χ4n) is 3.14. The van der Waals surface area contributed by atoms with Crippen LogP contribution in [0.2, 0.25) is 0 Å². The second-order valence-electron chi connectivity index (χ2n) is 6.65. The molecule has 1 saturated heterocycles. The van der Waals surface area contributed by atoms with Crippen molar-refractivity contribution in [2.24, 2.45) is 0 Å². The fourth-order valence-corrected chi connectivity index (χ4v) is 3.14. The van der Waals surface area contributed by atoms with Crippen LogP contribution in [0.4, 0.5) is 11.6 Å². The standard InChI is InChI=1S/C19H21N5O4/c1-11-9-17(23-28-11)22-16-6-4-5-14(21-16)15-10-24(7-8-26-15)19(25)18-12(2)20-13(3)27-18/h4-6,9,15H,7-8,10H2,1-3H3,(H,21,22,23). The average Bonchev–Trinajstić information content (AvgIpc) is 3.25. The molecule has 28 heavy (non-hydrogen) atoms. The van der Waals surface area contributed by atoms with Crippen molar-refractivity contribution < 1.29 is 18.5 Å². The van der Waals surface area contributed by atoms with Crippen molar-refractivity contribution >= 4 is 17.5 Å². The lowest BCUT2D eigenvalue weighted by Gasteiger charge is -2.32. The third kappa shape index (κ3) is 3.74. The smallest absolute Gasteiger partial charge is 0.291 e. The molecule has 1 aliphatic heterocycles. The summed E-state index contributed by atoms with van der Waals surface area (Å²) < 4.78 is 16.4. The van der Waals surface area contributed by atoms with E-state index in [4.69, 9.17) is 13.7 Å². The van der Waals surface area contributed by atoms with Gasteiger partial charge in [0.2, 0.25) is 5.76 Å². The second kappa shape index (κ2) is 7.43. The number of morpholine rings is 1. The van der Waals surface area contributed by atoms with Crippen LogP contribution in [-0.4, -0.2) is 45.6 Å². The number of anilines is 2. The van der Waals surface area contributed by atoms with Gasteiger partial charge in [0.25, 0.3) is 5.91 Å². The summed E-state index contributed by atoms with van der Waals surface area (Å²) in [5.41, 5.74) is 1.32. The van der Waals surface area contributed by atoms with Crippen LogP contribution in [0.25, 0.3) is 0 Å². The van der Waals surface area contributed by atoms with Crippen LogP contribution >= 0.6 is 0 Å². The third-order valence-electron chi connectivity index (χ3n) is 4.44. The van der Waals surface area contributed by atoms with Crippen molar-refractivity contribution in [1.82, 2.24) is 20.0 Å². The number of carbonyl (C=O) groups excluding carboxylic acids is 1. The van der Waals surface area contributed by atoms with Crippen LogP contribution in [0.15, 0.2) is 33.2 Å². The van der Waals surface area contributed by atoms with E-state index >= 15 is 0 Å². The summed E-state index contributed by atoms with van der Waals surface area (Å²) in [5.74, 6) is 2.50. The minimum Gasteiger partial charge on any atom is -0.436 e. The number of pyridine rings is 1. The maximum absolute atomic E-state index is 12.8. The van der Waals surface area contributed by atoms with Gasteiger partial charge >= 0.3 is 0 Å². The molecule has 3 aromatic heterocycles. The zero-order valence-corrected chi connectivity index (χ0v) is 15.9. The summed E-state index contributed by atoms with van der Waals surface area (Å²) in [6.07, 6.45) is -0.331. The zero-order chi connectivity index (χ0) is 19.7. The van der Waals surface area contributed by atoms with Crippen LogP contribution in [0.3, 0.4) is 0 Å². The first kappa shape index (κ1) is 18.2. The number of carbonyl (C=O) groups is 1. The number of hydrogen-bond donors (Lipinski definition) is 1. The third-order valence-corrected chi connectivity index (χ3v) is 4.44. The van der Waals surface area contributed by atoms with Crippen molar-refractivity contribution in [3.63, 3.8) is 0 Å². The van der Waals surface area contributed by atoms with Crippen molar-refractivity contribution in [3.05, 3.63) is 53.1 Å². The summed E-state index contributed by atoms with van der Waals surface area (Å²) in [4.78, 5) is 23.3. The van der Waals surface area contributed by atoms with Gasteiger partial charge in [0.15, 0.2) is 11.7 Å². The predicted molar refractivity (Wildman–Crippen MR) is 99.3 cm³/mol. The monoisotopic (exact) mass is 383 g/mol. The van der Waals surface area contributed by atoms with Crippen molar-refractivity contribution in [1.29, 1.82) is 0 Å². The highest BCUT2D eigenvalue weighted by atomic mass is 16.5. The summed E-state index contributed by atoms with van der Waals surface area (Å²) in [6.45, 7) is 6.61. The molecule has 0 radical (unpaired) electrons. The lowest BCUT2D eigenvalue weighted by molar-refractivity contribution is -0.0256. The van der Waals surface area contributed by atoms with E-state index in [1.165, 1.54) is 0 Å². The molecule has 1 unspecified atom stereocenters. The number of nitrogens with one attached hydrogen (secondary N) is 1. The van der Waals surface area contributed by atoms with Crippen LogP contribution in [0, 0.1) is 20.8 Å². The Labute approximate surface area is 161 Å². The van der Waals surface area contributed by atoms with Gasteiger partial charge in [-0.25, -0.2) is 9.97 Å². The number of oxazole rings is 1. The molecule has 4 rings (SSSR count). The molecular formula is C19H21N5O4. The van der Waals surface area contributed by atoms with Gasteiger partial charge in [-0.1, -0.05) is 11.2 Å². The number of aromatic nitrogens is 3. The SMILES string of the molecule is Cc1cc(Nc2cccc(C3CN(C(=O)c4oc(C)nc4C)CCO3)n2)no1. The fraction of sp³-hybridized carbons (Fsp3) is 0.368. The molecule has 1 fully saturated rings. The number of hydrogen-bond acceptors (Lipinski definition) is 8. The largest absolute Gasteiger partial charge is 0.436 e. The Hall–Kier alpha value is -3.20. The molecule has 1 aliphatic rings. The first-order valence-electron chi connectivity index (χ1n) is 9.02. The highest BCUT2D eigenvalue weighted by Gasteiger charge is 2.30. The summed E-state index contributed by atoms with van der Waals surface area (Å²) in [6, 6.07) is 7.38.